The maximum absolute atomic E-state index is 13.4. The van der Waals surface area contributed by atoms with Crippen LogP contribution in [-0.2, 0) is 11.3 Å². The first-order chi connectivity index (χ1) is 10.6. The highest BCUT2D eigenvalue weighted by molar-refractivity contribution is 5.78. The maximum Gasteiger partial charge on any atom is 0.315 e. The van der Waals surface area contributed by atoms with E-state index in [1.54, 1.807) is 19.1 Å². The molecule has 2 rings (SSSR count). The van der Waals surface area contributed by atoms with Crippen LogP contribution in [0.15, 0.2) is 18.2 Å². The summed E-state index contributed by atoms with van der Waals surface area (Å²) in [6.45, 7) is 3.90. The number of amides is 3. The third kappa shape index (κ3) is 4.72. The molecule has 0 unspecified atom stereocenters. The molecular weight excluding hydrogens is 285 g/mol. The van der Waals surface area contributed by atoms with Crippen molar-refractivity contribution in [3.8, 4) is 0 Å². The smallest absolute Gasteiger partial charge is 0.315 e. The fourth-order valence-corrected chi connectivity index (χ4v) is 2.40. The average Bonchev–Trinajstić information content (AvgIpc) is 3.03. The van der Waals surface area contributed by atoms with E-state index in [0.29, 0.717) is 24.1 Å². The van der Waals surface area contributed by atoms with Crippen molar-refractivity contribution >= 4 is 11.9 Å². The first-order valence-corrected chi connectivity index (χ1v) is 7.61. The lowest BCUT2D eigenvalue weighted by atomic mass is 10.1. The minimum Gasteiger partial charge on any atom is -0.343 e. The van der Waals surface area contributed by atoms with Crippen molar-refractivity contribution in [2.24, 2.45) is 0 Å². The van der Waals surface area contributed by atoms with Gasteiger partial charge in [-0.3, -0.25) is 4.79 Å². The molecule has 1 fully saturated rings. The van der Waals surface area contributed by atoms with Crippen molar-refractivity contribution < 1.29 is 14.0 Å². The van der Waals surface area contributed by atoms with Gasteiger partial charge in [-0.25, -0.2) is 9.18 Å². The van der Waals surface area contributed by atoms with Crippen molar-refractivity contribution in [3.63, 3.8) is 0 Å². The van der Waals surface area contributed by atoms with Crippen LogP contribution < -0.4 is 10.6 Å². The Kier molecular flexibility index (Phi) is 5.75. The molecule has 0 aromatic heterocycles. The minimum atomic E-state index is -0.352. The predicted molar refractivity (Wildman–Crippen MR) is 81.8 cm³/mol. The Balaban J connectivity index is 1.65. The molecule has 0 saturated carbocycles. The van der Waals surface area contributed by atoms with E-state index in [-0.39, 0.29) is 24.3 Å². The van der Waals surface area contributed by atoms with Gasteiger partial charge in [-0.1, -0.05) is 12.1 Å². The van der Waals surface area contributed by atoms with E-state index in [9.17, 15) is 14.0 Å². The summed E-state index contributed by atoms with van der Waals surface area (Å²) in [5.74, 6) is -0.200. The molecule has 2 N–H and O–H groups in total. The monoisotopic (exact) mass is 307 g/mol. The van der Waals surface area contributed by atoms with E-state index in [1.807, 2.05) is 4.90 Å². The van der Waals surface area contributed by atoms with Gasteiger partial charge in [0.1, 0.15) is 5.82 Å². The van der Waals surface area contributed by atoms with E-state index in [2.05, 4.69) is 10.6 Å². The number of aryl methyl sites for hydroxylation is 1. The number of likely N-dealkylation sites (tertiary alicyclic amines) is 1. The second-order valence-electron chi connectivity index (χ2n) is 5.53. The Bertz CT molecular complexity index is 542. The lowest BCUT2D eigenvalue weighted by molar-refractivity contribution is -0.129. The van der Waals surface area contributed by atoms with E-state index < -0.39 is 0 Å². The average molecular weight is 307 g/mol. The van der Waals surface area contributed by atoms with Gasteiger partial charge in [-0.15, -0.1) is 0 Å². The first-order valence-electron chi connectivity index (χ1n) is 7.61. The van der Waals surface area contributed by atoms with Gasteiger partial charge in [0.25, 0.3) is 0 Å². The molecule has 0 radical (unpaired) electrons. The Morgan fingerprint density at radius 3 is 2.64 bits per heavy atom. The van der Waals surface area contributed by atoms with Crippen LogP contribution in [0.2, 0.25) is 0 Å². The quantitative estimate of drug-likeness (QED) is 0.873. The normalized spacial score (nSPS) is 14.0. The van der Waals surface area contributed by atoms with Crippen molar-refractivity contribution in [2.75, 3.05) is 19.6 Å². The van der Waals surface area contributed by atoms with E-state index in [4.69, 9.17) is 0 Å². The van der Waals surface area contributed by atoms with Crippen LogP contribution in [0.5, 0.6) is 0 Å². The van der Waals surface area contributed by atoms with Crippen LogP contribution in [0.25, 0.3) is 0 Å². The van der Waals surface area contributed by atoms with Gasteiger partial charge in [-0.05, 0) is 37.0 Å². The molecule has 5 nitrogen and oxygen atoms in total. The van der Waals surface area contributed by atoms with Gasteiger partial charge in [0, 0.05) is 32.6 Å². The fourth-order valence-electron chi connectivity index (χ4n) is 2.40. The number of carbonyl (C=O) groups excluding carboxylic acids is 2. The molecule has 1 aliphatic rings. The van der Waals surface area contributed by atoms with Crippen LogP contribution in [0, 0.1) is 12.7 Å². The van der Waals surface area contributed by atoms with E-state index in [1.165, 1.54) is 6.07 Å². The Morgan fingerprint density at radius 1 is 1.23 bits per heavy atom. The van der Waals surface area contributed by atoms with Gasteiger partial charge in [-0.2, -0.15) is 0 Å². The summed E-state index contributed by atoms with van der Waals surface area (Å²) >= 11 is 0. The Morgan fingerprint density at radius 2 is 1.95 bits per heavy atom. The number of hydrogen-bond donors (Lipinski definition) is 2. The lowest BCUT2D eigenvalue weighted by Gasteiger charge is -2.15. The highest BCUT2D eigenvalue weighted by Gasteiger charge is 2.17. The molecule has 6 heteroatoms. The summed E-state index contributed by atoms with van der Waals surface area (Å²) in [6, 6.07) is 4.51. The molecule has 1 heterocycles. The number of urea groups is 1. The number of nitrogens with one attached hydrogen (secondary N) is 2. The number of rotatable bonds is 5. The van der Waals surface area contributed by atoms with Gasteiger partial charge < -0.3 is 15.5 Å². The number of halogens is 1. The summed E-state index contributed by atoms with van der Waals surface area (Å²) in [4.78, 5) is 25.2. The molecule has 1 aromatic carbocycles. The molecule has 1 aliphatic heterocycles. The van der Waals surface area contributed by atoms with Gasteiger partial charge in [0.15, 0.2) is 0 Å². The van der Waals surface area contributed by atoms with Crippen LogP contribution in [-0.4, -0.2) is 36.5 Å². The van der Waals surface area contributed by atoms with E-state index in [0.717, 1.165) is 25.9 Å². The summed E-state index contributed by atoms with van der Waals surface area (Å²) in [5.41, 5.74) is 1.28. The van der Waals surface area contributed by atoms with Crippen LogP contribution in [0.1, 0.15) is 30.4 Å². The van der Waals surface area contributed by atoms with Gasteiger partial charge >= 0.3 is 6.03 Å². The first kappa shape index (κ1) is 16.3. The van der Waals surface area contributed by atoms with Crippen LogP contribution in [0.3, 0.4) is 0 Å². The second-order valence-corrected chi connectivity index (χ2v) is 5.53. The molecule has 0 aliphatic carbocycles. The summed E-state index contributed by atoms with van der Waals surface area (Å²) in [7, 11) is 0. The number of carbonyl (C=O) groups is 2. The number of hydrogen-bond acceptors (Lipinski definition) is 2. The topological polar surface area (TPSA) is 61.4 Å². The third-order valence-electron chi connectivity index (χ3n) is 3.77. The predicted octanol–water partition coefficient (Wildman–Crippen LogP) is 1.95. The molecule has 120 valence electrons. The fraction of sp³-hybridized carbons (Fsp3) is 0.500. The second kappa shape index (κ2) is 7.77. The standard InChI is InChI=1S/C16H22FN3O2/c1-12-4-5-13(10-14(12)17)11-19-16(22)18-7-6-15(21)20-8-2-3-9-20/h4-5,10H,2-3,6-9,11H2,1H3,(H2,18,19,22). The SMILES string of the molecule is Cc1ccc(CNC(=O)NCCC(=O)N2CCCC2)cc1F. The van der Waals surface area contributed by atoms with Crippen molar-refractivity contribution in [1.29, 1.82) is 0 Å². The van der Waals surface area contributed by atoms with Crippen molar-refractivity contribution in [1.82, 2.24) is 15.5 Å². The molecule has 0 bridgehead atoms. The number of nitrogens with zero attached hydrogens (tertiary/aromatic N) is 1. The minimum absolute atomic E-state index is 0.0819. The summed E-state index contributed by atoms with van der Waals surface area (Å²) in [5, 5.41) is 5.29. The van der Waals surface area contributed by atoms with Crippen LogP contribution in [0.4, 0.5) is 9.18 Å². The lowest BCUT2D eigenvalue weighted by Crippen LogP contribution is -2.38. The zero-order chi connectivity index (χ0) is 15.9. The van der Waals surface area contributed by atoms with Crippen LogP contribution >= 0.6 is 0 Å². The van der Waals surface area contributed by atoms with Gasteiger partial charge in [0.2, 0.25) is 5.91 Å². The zero-order valence-corrected chi connectivity index (χ0v) is 12.8. The zero-order valence-electron chi connectivity index (χ0n) is 12.8. The molecule has 0 spiro atoms. The molecule has 22 heavy (non-hydrogen) atoms. The molecule has 0 atom stereocenters. The molecule has 1 aromatic rings. The third-order valence-corrected chi connectivity index (χ3v) is 3.77. The van der Waals surface area contributed by atoms with Crippen molar-refractivity contribution in [3.05, 3.63) is 35.1 Å². The Hall–Kier alpha value is -2.11. The maximum atomic E-state index is 13.4. The molecule has 1 saturated heterocycles. The summed E-state index contributed by atoms with van der Waals surface area (Å²) in [6.07, 6.45) is 2.44. The van der Waals surface area contributed by atoms with Crippen molar-refractivity contribution in [2.45, 2.75) is 32.7 Å². The highest BCUT2D eigenvalue weighted by atomic mass is 19.1. The Labute approximate surface area is 129 Å². The summed E-state index contributed by atoms with van der Waals surface area (Å²) < 4.78 is 13.4. The number of benzene rings is 1. The highest BCUT2D eigenvalue weighted by Crippen LogP contribution is 2.09. The van der Waals surface area contributed by atoms with Gasteiger partial charge in [0.05, 0.1) is 0 Å². The molecular formula is C16H22FN3O2. The largest absolute Gasteiger partial charge is 0.343 e. The molecule has 3 amide bonds. The van der Waals surface area contributed by atoms with E-state index >= 15 is 0 Å².